The largest absolute Gasteiger partial charge is 0.475 e. The van der Waals surface area contributed by atoms with Gasteiger partial charge < -0.3 is 4.74 Å². The Kier molecular flexibility index (Phi) is 2.47. The van der Waals surface area contributed by atoms with Crippen LogP contribution in [0.2, 0.25) is 5.02 Å². The molecular weight excluding hydrogens is 210 g/mol. The smallest absolute Gasteiger partial charge is 0.217 e. The van der Waals surface area contributed by atoms with E-state index >= 15 is 0 Å². The van der Waals surface area contributed by atoms with Gasteiger partial charge in [-0.1, -0.05) is 17.7 Å². The SMILES string of the molecule is Cc1ccc(Cl)cc1C1=NC(C)(C)CO1. The molecule has 0 atom stereocenters. The Labute approximate surface area is 94.9 Å². The van der Waals surface area contributed by atoms with Gasteiger partial charge in [0.25, 0.3) is 0 Å². The number of hydrogen-bond donors (Lipinski definition) is 0. The zero-order valence-electron chi connectivity index (χ0n) is 9.17. The Morgan fingerprint density at radius 1 is 1.40 bits per heavy atom. The minimum atomic E-state index is -0.121. The summed E-state index contributed by atoms with van der Waals surface area (Å²) in [6.07, 6.45) is 0. The molecular formula is C12H14ClNO. The van der Waals surface area contributed by atoms with E-state index in [-0.39, 0.29) is 5.54 Å². The van der Waals surface area contributed by atoms with Crippen LogP contribution in [0.15, 0.2) is 23.2 Å². The molecule has 1 aromatic rings. The van der Waals surface area contributed by atoms with E-state index in [1.165, 1.54) is 0 Å². The molecule has 0 aromatic heterocycles. The van der Waals surface area contributed by atoms with Gasteiger partial charge in [-0.3, -0.25) is 0 Å². The topological polar surface area (TPSA) is 21.6 Å². The van der Waals surface area contributed by atoms with Crippen LogP contribution in [0.1, 0.15) is 25.0 Å². The molecule has 2 nitrogen and oxygen atoms in total. The summed E-state index contributed by atoms with van der Waals surface area (Å²) in [5, 5.41) is 0.714. The fraction of sp³-hybridized carbons (Fsp3) is 0.417. The summed E-state index contributed by atoms with van der Waals surface area (Å²) in [6, 6.07) is 5.76. The van der Waals surface area contributed by atoms with Gasteiger partial charge in [0.15, 0.2) is 0 Å². The summed E-state index contributed by atoms with van der Waals surface area (Å²) >= 11 is 5.96. The van der Waals surface area contributed by atoms with Crippen LogP contribution in [-0.4, -0.2) is 18.0 Å². The minimum Gasteiger partial charge on any atom is -0.475 e. The number of aliphatic imine (C=N–C) groups is 1. The van der Waals surface area contributed by atoms with Crippen molar-refractivity contribution >= 4 is 17.5 Å². The van der Waals surface area contributed by atoms with Crippen molar-refractivity contribution < 1.29 is 4.74 Å². The Balaban J connectivity index is 2.43. The van der Waals surface area contributed by atoms with Crippen molar-refractivity contribution in [1.82, 2.24) is 0 Å². The number of hydrogen-bond acceptors (Lipinski definition) is 2. The van der Waals surface area contributed by atoms with Crippen molar-refractivity contribution in [3.05, 3.63) is 34.3 Å². The molecule has 2 rings (SSSR count). The maximum Gasteiger partial charge on any atom is 0.217 e. The van der Waals surface area contributed by atoms with Gasteiger partial charge in [0.1, 0.15) is 6.61 Å². The average molecular weight is 224 g/mol. The lowest BCUT2D eigenvalue weighted by Crippen LogP contribution is -2.17. The number of aryl methyl sites for hydroxylation is 1. The van der Waals surface area contributed by atoms with Crippen LogP contribution in [0.4, 0.5) is 0 Å². The normalized spacial score (nSPS) is 18.5. The first-order chi connectivity index (χ1) is 6.98. The molecule has 80 valence electrons. The first kappa shape index (κ1) is 10.5. The molecule has 0 fully saturated rings. The van der Waals surface area contributed by atoms with Crippen LogP contribution in [0, 0.1) is 6.92 Å². The molecule has 0 saturated carbocycles. The first-order valence-corrected chi connectivity index (χ1v) is 5.35. The maximum absolute atomic E-state index is 5.96. The van der Waals surface area contributed by atoms with E-state index in [1.807, 2.05) is 25.1 Å². The number of halogens is 1. The summed E-state index contributed by atoms with van der Waals surface area (Å²) in [5.74, 6) is 0.708. The van der Waals surface area contributed by atoms with Crippen molar-refractivity contribution in [3.63, 3.8) is 0 Å². The molecule has 15 heavy (non-hydrogen) atoms. The molecule has 1 aliphatic rings. The van der Waals surface area contributed by atoms with Crippen molar-refractivity contribution in [3.8, 4) is 0 Å². The third-order valence-electron chi connectivity index (χ3n) is 2.40. The molecule has 0 spiro atoms. The fourth-order valence-corrected chi connectivity index (χ4v) is 1.72. The lowest BCUT2D eigenvalue weighted by molar-refractivity contribution is 0.279. The van der Waals surface area contributed by atoms with Crippen molar-refractivity contribution in [2.24, 2.45) is 4.99 Å². The van der Waals surface area contributed by atoms with Crippen LogP contribution in [-0.2, 0) is 4.74 Å². The molecule has 0 unspecified atom stereocenters. The summed E-state index contributed by atoms with van der Waals surface area (Å²) in [4.78, 5) is 4.53. The highest BCUT2D eigenvalue weighted by Gasteiger charge is 2.27. The third-order valence-corrected chi connectivity index (χ3v) is 2.63. The Morgan fingerprint density at radius 3 is 2.73 bits per heavy atom. The minimum absolute atomic E-state index is 0.121. The number of rotatable bonds is 1. The molecule has 0 saturated heterocycles. The number of ether oxygens (including phenoxy) is 1. The van der Waals surface area contributed by atoms with Crippen molar-refractivity contribution in [2.45, 2.75) is 26.3 Å². The van der Waals surface area contributed by atoms with Crippen LogP contribution in [0.5, 0.6) is 0 Å². The van der Waals surface area contributed by atoms with Crippen LogP contribution in [0.3, 0.4) is 0 Å². The summed E-state index contributed by atoms with van der Waals surface area (Å²) in [7, 11) is 0. The highest BCUT2D eigenvalue weighted by atomic mass is 35.5. The first-order valence-electron chi connectivity index (χ1n) is 4.97. The van der Waals surface area contributed by atoms with Gasteiger partial charge >= 0.3 is 0 Å². The second-order valence-corrected chi connectivity index (χ2v) is 4.91. The Bertz CT molecular complexity index is 424. The number of benzene rings is 1. The van der Waals surface area contributed by atoms with E-state index in [9.17, 15) is 0 Å². The highest BCUT2D eigenvalue weighted by Crippen LogP contribution is 2.24. The predicted molar refractivity (Wildman–Crippen MR) is 62.8 cm³/mol. The zero-order chi connectivity index (χ0) is 11.1. The van der Waals surface area contributed by atoms with Gasteiger partial charge in [0.05, 0.1) is 5.54 Å². The Hall–Kier alpha value is -1.02. The maximum atomic E-state index is 5.96. The second kappa shape index (κ2) is 3.53. The van der Waals surface area contributed by atoms with E-state index in [4.69, 9.17) is 16.3 Å². The van der Waals surface area contributed by atoms with Gasteiger partial charge in [-0.25, -0.2) is 4.99 Å². The molecule has 3 heteroatoms. The monoisotopic (exact) mass is 223 g/mol. The standard InChI is InChI=1S/C12H14ClNO/c1-8-4-5-9(13)6-10(8)11-14-12(2,3)7-15-11/h4-6H,7H2,1-3H3. The van der Waals surface area contributed by atoms with Crippen molar-refractivity contribution in [1.29, 1.82) is 0 Å². The lowest BCUT2D eigenvalue weighted by Gasteiger charge is -2.07. The van der Waals surface area contributed by atoms with Gasteiger partial charge in [-0.2, -0.15) is 0 Å². The molecule has 1 aromatic carbocycles. The lowest BCUT2D eigenvalue weighted by atomic mass is 10.1. The summed E-state index contributed by atoms with van der Waals surface area (Å²) in [5.41, 5.74) is 2.01. The molecule has 0 amide bonds. The van der Waals surface area contributed by atoms with Gasteiger partial charge in [-0.05, 0) is 38.5 Å². The molecule has 0 radical (unpaired) electrons. The summed E-state index contributed by atoms with van der Waals surface area (Å²) in [6.45, 7) is 6.77. The molecule has 1 aliphatic heterocycles. The van der Waals surface area contributed by atoms with Gasteiger partial charge in [0.2, 0.25) is 5.90 Å². The van der Waals surface area contributed by atoms with E-state index in [0.29, 0.717) is 17.5 Å². The predicted octanol–water partition coefficient (Wildman–Crippen LogP) is 3.20. The molecule has 0 N–H and O–H groups in total. The Morgan fingerprint density at radius 2 is 2.13 bits per heavy atom. The second-order valence-electron chi connectivity index (χ2n) is 4.48. The van der Waals surface area contributed by atoms with Crippen LogP contribution >= 0.6 is 11.6 Å². The molecule has 0 bridgehead atoms. The van der Waals surface area contributed by atoms with Crippen molar-refractivity contribution in [2.75, 3.05) is 6.61 Å². The van der Waals surface area contributed by atoms with E-state index in [0.717, 1.165) is 11.1 Å². The average Bonchev–Trinajstić information content (AvgIpc) is 2.50. The molecule has 1 heterocycles. The fourth-order valence-electron chi connectivity index (χ4n) is 1.55. The van der Waals surface area contributed by atoms with Crippen LogP contribution in [0.25, 0.3) is 0 Å². The third kappa shape index (κ3) is 2.15. The van der Waals surface area contributed by atoms with Gasteiger partial charge in [-0.15, -0.1) is 0 Å². The number of nitrogens with zero attached hydrogens (tertiary/aromatic N) is 1. The highest BCUT2D eigenvalue weighted by molar-refractivity contribution is 6.31. The zero-order valence-corrected chi connectivity index (χ0v) is 9.93. The molecule has 0 aliphatic carbocycles. The van der Waals surface area contributed by atoms with Crippen LogP contribution < -0.4 is 0 Å². The van der Waals surface area contributed by atoms with E-state index < -0.39 is 0 Å². The quantitative estimate of drug-likeness (QED) is 0.717. The summed E-state index contributed by atoms with van der Waals surface area (Å²) < 4.78 is 5.58. The van der Waals surface area contributed by atoms with E-state index in [2.05, 4.69) is 18.8 Å². The van der Waals surface area contributed by atoms with Gasteiger partial charge in [0, 0.05) is 10.6 Å². The van der Waals surface area contributed by atoms with E-state index in [1.54, 1.807) is 0 Å².